The van der Waals surface area contributed by atoms with Crippen LogP contribution in [0.4, 0.5) is 5.69 Å². The average molecular weight is 253 g/mol. The van der Waals surface area contributed by atoms with Gasteiger partial charge < -0.3 is 10.4 Å². The van der Waals surface area contributed by atoms with Crippen molar-refractivity contribution in [3.8, 4) is 6.07 Å². The quantitative estimate of drug-likeness (QED) is 0.847. The molecule has 2 N–H and O–H groups in total. The molecule has 0 aliphatic rings. The van der Waals surface area contributed by atoms with Crippen LogP contribution >= 0.6 is 11.6 Å². The van der Waals surface area contributed by atoms with E-state index in [0.29, 0.717) is 22.9 Å². The third-order valence-electron chi connectivity index (χ3n) is 2.71. The van der Waals surface area contributed by atoms with Gasteiger partial charge in [0.1, 0.15) is 6.07 Å². The Labute approximate surface area is 107 Å². The lowest BCUT2D eigenvalue weighted by atomic mass is 10.0. The van der Waals surface area contributed by atoms with Crippen molar-refractivity contribution in [3.05, 3.63) is 28.8 Å². The van der Waals surface area contributed by atoms with Crippen LogP contribution in [-0.4, -0.2) is 17.8 Å². The topological polar surface area (TPSA) is 56.0 Å². The highest BCUT2D eigenvalue weighted by Gasteiger charge is 2.15. The first kappa shape index (κ1) is 13.8. The number of nitriles is 1. The zero-order valence-electron chi connectivity index (χ0n) is 10.1. The van der Waals surface area contributed by atoms with E-state index < -0.39 is 0 Å². The molecule has 0 aromatic heterocycles. The molecular formula is C13H17ClN2O. The highest BCUT2D eigenvalue weighted by molar-refractivity contribution is 6.32. The molecule has 1 aromatic rings. The van der Waals surface area contributed by atoms with Gasteiger partial charge in [-0.25, -0.2) is 0 Å². The maximum Gasteiger partial charge on any atom is 0.103 e. The van der Waals surface area contributed by atoms with Crippen LogP contribution in [0.3, 0.4) is 0 Å². The Balaban J connectivity index is 2.94. The molecule has 4 heteroatoms. The molecule has 17 heavy (non-hydrogen) atoms. The highest BCUT2D eigenvalue weighted by atomic mass is 35.5. The number of anilines is 1. The predicted octanol–water partition coefficient (Wildman–Crippen LogP) is 3.03. The minimum Gasteiger partial charge on any atom is -0.396 e. The van der Waals surface area contributed by atoms with E-state index in [9.17, 15) is 0 Å². The summed E-state index contributed by atoms with van der Waals surface area (Å²) in [6, 6.07) is 7.56. The number of rotatable bonds is 5. The van der Waals surface area contributed by atoms with Crippen LogP contribution in [-0.2, 0) is 0 Å². The van der Waals surface area contributed by atoms with E-state index in [4.69, 9.17) is 22.0 Å². The van der Waals surface area contributed by atoms with Crippen molar-refractivity contribution < 1.29 is 5.11 Å². The molecule has 0 bridgehead atoms. The second-order valence-corrected chi connectivity index (χ2v) is 4.69. The van der Waals surface area contributed by atoms with Crippen molar-refractivity contribution in [3.63, 3.8) is 0 Å². The van der Waals surface area contributed by atoms with Crippen LogP contribution in [0.15, 0.2) is 18.2 Å². The molecular weight excluding hydrogens is 236 g/mol. The van der Waals surface area contributed by atoms with Crippen LogP contribution in [0.25, 0.3) is 0 Å². The first-order valence-corrected chi connectivity index (χ1v) is 6.04. The smallest absolute Gasteiger partial charge is 0.103 e. The van der Waals surface area contributed by atoms with Gasteiger partial charge in [0.15, 0.2) is 0 Å². The molecule has 0 saturated heterocycles. The first-order chi connectivity index (χ1) is 8.10. The summed E-state index contributed by atoms with van der Waals surface area (Å²) in [5, 5.41) is 21.8. The molecule has 0 radical (unpaired) electrons. The average Bonchev–Trinajstić information content (AvgIpc) is 2.28. The van der Waals surface area contributed by atoms with Gasteiger partial charge in [-0.15, -0.1) is 0 Å². The van der Waals surface area contributed by atoms with Crippen LogP contribution in [0.1, 0.15) is 25.8 Å². The lowest BCUT2D eigenvalue weighted by Crippen LogP contribution is -2.27. The van der Waals surface area contributed by atoms with Gasteiger partial charge in [-0.1, -0.05) is 31.5 Å². The highest BCUT2D eigenvalue weighted by Crippen LogP contribution is 2.25. The fourth-order valence-corrected chi connectivity index (χ4v) is 1.89. The van der Waals surface area contributed by atoms with Crippen LogP contribution < -0.4 is 5.32 Å². The van der Waals surface area contributed by atoms with Crippen molar-refractivity contribution in [2.45, 2.75) is 26.3 Å². The third kappa shape index (κ3) is 3.62. The molecule has 1 atom stereocenters. The molecule has 92 valence electrons. The summed E-state index contributed by atoms with van der Waals surface area (Å²) in [7, 11) is 0. The van der Waals surface area contributed by atoms with E-state index in [1.165, 1.54) is 0 Å². The molecule has 3 nitrogen and oxygen atoms in total. The molecule has 0 heterocycles. The third-order valence-corrected chi connectivity index (χ3v) is 3.03. The number of aliphatic hydroxyl groups is 1. The van der Waals surface area contributed by atoms with E-state index in [1.54, 1.807) is 6.07 Å². The Morgan fingerprint density at radius 1 is 1.47 bits per heavy atom. The second-order valence-electron chi connectivity index (χ2n) is 4.28. The lowest BCUT2D eigenvalue weighted by Gasteiger charge is -2.23. The van der Waals surface area contributed by atoms with Gasteiger partial charge in [0.2, 0.25) is 0 Å². The molecule has 0 amide bonds. The van der Waals surface area contributed by atoms with Gasteiger partial charge in [-0.2, -0.15) is 5.26 Å². The van der Waals surface area contributed by atoms with Crippen LogP contribution in [0.2, 0.25) is 5.02 Å². The molecule has 0 saturated carbocycles. The molecule has 1 aromatic carbocycles. The lowest BCUT2D eigenvalue weighted by molar-refractivity contribution is 0.267. The van der Waals surface area contributed by atoms with E-state index in [1.807, 2.05) is 12.1 Å². The molecule has 1 rings (SSSR count). The number of hydrogen-bond acceptors (Lipinski definition) is 3. The summed E-state index contributed by atoms with van der Waals surface area (Å²) < 4.78 is 0. The molecule has 0 spiro atoms. The zero-order valence-corrected chi connectivity index (χ0v) is 10.8. The maximum absolute atomic E-state index is 9.06. The summed E-state index contributed by atoms with van der Waals surface area (Å²) in [6.45, 7) is 4.27. The number of nitrogens with zero attached hydrogens (tertiary/aromatic N) is 1. The number of aliphatic hydroxyl groups excluding tert-OH is 1. The van der Waals surface area contributed by atoms with E-state index >= 15 is 0 Å². The number of halogens is 1. The first-order valence-electron chi connectivity index (χ1n) is 5.66. The summed E-state index contributed by atoms with van der Waals surface area (Å²) >= 11 is 5.96. The number of hydrogen-bond donors (Lipinski definition) is 2. The van der Waals surface area contributed by atoms with Crippen molar-refractivity contribution >= 4 is 17.3 Å². The molecule has 0 fully saturated rings. The Morgan fingerprint density at radius 2 is 2.18 bits per heavy atom. The van der Waals surface area contributed by atoms with Crippen molar-refractivity contribution in [2.24, 2.45) is 5.92 Å². The van der Waals surface area contributed by atoms with Gasteiger partial charge in [0.25, 0.3) is 0 Å². The van der Waals surface area contributed by atoms with Crippen molar-refractivity contribution in [1.82, 2.24) is 0 Å². The fourth-order valence-electron chi connectivity index (χ4n) is 1.67. The zero-order chi connectivity index (χ0) is 12.8. The van der Waals surface area contributed by atoms with E-state index in [-0.39, 0.29) is 12.6 Å². The Kier molecular flexibility index (Phi) is 5.27. The van der Waals surface area contributed by atoms with Crippen molar-refractivity contribution in [2.75, 3.05) is 11.9 Å². The summed E-state index contributed by atoms with van der Waals surface area (Å²) in [4.78, 5) is 0. The summed E-state index contributed by atoms with van der Waals surface area (Å²) in [5.41, 5.74) is 1.19. The van der Waals surface area contributed by atoms with Gasteiger partial charge in [0.05, 0.1) is 16.3 Å². The monoisotopic (exact) mass is 252 g/mol. The summed E-state index contributed by atoms with van der Waals surface area (Å²) in [6.07, 6.45) is 0.648. The predicted molar refractivity (Wildman–Crippen MR) is 70.1 cm³/mol. The normalized spacial score (nSPS) is 12.2. The van der Waals surface area contributed by atoms with E-state index in [0.717, 1.165) is 5.69 Å². The Morgan fingerprint density at radius 3 is 2.71 bits per heavy atom. The molecule has 0 aliphatic heterocycles. The van der Waals surface area contributed by atoms with Gasteiger partial charge in [-0.3, -0.25) is 0 Å². The maximum atomic E-state index is 9.06. The van der Waals surface area contributed by atoms with E-state index in [2.05, 4.69) is 25.2 Å². The fraction of sp³-hybridized carbons (Fsp3) is 0.462. The summed E-state index contributed by atoms with van der Waals surface area (Å²) in [5.74, 6) is 0.368. The van der Waals surface area contributed by atoms with Gasteiger partial charge in [-0.05, 0) is 24.5 Å². The minimum atomic E-state index is 0.123. The Hall–Kier alpha value is -1.24. The largest absolute Gasteiger partial charge is 0.396 e. The van der Waals surface area contributed by atoms with Crippen molar-refractivity contribution in [1.29, 1.82) is 5.26 Å². The SMILES string of the molecule is CC(C)C(CCO)Nc1cccc(Cl)c1C#N. The molecule has 1 unspecified atom stereocenters. The van der Waals surface area contributed by atoms with Gasteiger partial charge >= 0.3 is 0 Å². The Bertz CT molecular complexity index is 412. The van der Waals surface area contributed by atoms with Crippen LogP contribution in [0.5, 0.6) is 0 Å². The standard InChI is InChI=1S/C13H17ClN2O/c1-9(2)12(6-7-17)16-13-5-3-4-11(14)10(13)8-15/h3-5,9,12,16-17H,6-7H2,1-2H3. The van der Waals surface area contributed by atoms with Gasteiger partial charge in [0, 0.05) is 12.6 Å². The van der Waals surface area contributed by atoms with Crippen LogP contribution in [0, 0.1) is 17.2 Å². The second kappa shape index (κ2) is 6.48. The minimum absolute atomic E-state index is 0.123. The number of nitrogens with one attached hydrogen (secondary N) is 1. The number of benzene rings is 1. The molecule has 0 aliphatic carbocycles.